The summed E-state index contributed by atoms with van der Waals surface area (Å²) in [5.74, 6) is 8.53. The highest BCUT2D eigenvalue weighted by atomic mass is 14.3. The van der Waals surface area contributed by atoms with Crippen LogP contribution in [0.2, 0.25) is 0 Å². The molecule has 0 aliphatic heterocycles. The van der Waals surface area contributed by atoms with Gasteiger partial charge in [0.25, 0.3) is 0 Å². The van der Waals surface area contributed by atoms with Crippen molar-refractivity contribution in [2.24, 2.45) is 11.8 Å². The van der Waals surface area contributed by atoms with Crippen LogP contribution < -0.4 is 0 Å². The number of hydrogen-bond donors (Lipinski definition) is 0. The predicted molar refractivity (Wildman–Crippen MR) is 47.1 cm³/mol. The second-order valence-electron chi connectivity index (χ2n) is 3.86. The van der Waals surface area contributed by atoms with Crippen LogP contribution in [-0.2, 0) is 0 Å². The fourth-order valence-corrected chi connectivity index (χ4v) is 1.88. The summed E-state index contributed by atoms with van der Waals surface area (Å²) in [4.78, 5) is 0. The van der Waals surface area contributed by atoms with Gasteiger partial charge in [0, 0.05) is 12.3 Å². The Balaban J connectivity index is 1.93. The van der Waals surface area contributed by atoms with Gasteiger partial charge in [-0.05, 0) is 31.6 Å². The Hall–Kier alpha value is -0.440. The molecule has 2 aliphatic rings. The van der Waals surface area contributed by atoms with Gasteiger partial charge in [-0.25, -0.2) is 0 Å². The van der Waals surface area contributed by atoms with Gasteiger partial charge in [0.05, 0.1) is 0 Å². The molecule has 0 nitrogen and oxygen atoms in total. The van der Waals surface area contributed by atoms with Gasteiger partial charge >= 0.3 is 0 Å². The second-order valence-corrected chi connectivity index (χ2v) is 3.86. The molecule has 0 radical (unpaired) electrons. The average Bonchev–Trinajstić information content (AvgIpc) is 2.68. The molecule has 0 amide bonds. The van der Waals surface area contributed by atoms with Crippen LogP contribution in [0.3, 0.4) is 0 Å². The van der Waals surface area contributed by atoms with Gasteiger partial charge in [-0.2, -0.15) is 0 Å². The largest absolute Gasteiger partial charge is 0.103 e. The highest BCUT2D eigenvalue weighted by molar-refractivity contribution is 5.08. The molecule has 0 aromatic rings. The Morgan fingerprint density at radius 3 is 2.64 bits per heavy atom. The van der Waals surface area contributed by atoms with Gasteiger partial charge in [0.2, 0.25) is 0 Å². The van der Waals surface area contributed by atoms with Crippen LogP contribution in [0.5, 0.6) is 0 Å². The lowest BCUT2D eigenvalue weighted by Gasteiger charge is -2.10. The van der Waals surface area contributed by atoms with Crippen molar-refractivity contribution in [2.45, 2.75) is 44.9 Å². The maximum absolute atomic E-state index is 3.43. The zero-order valence-electron chi connectivity index (χ0n) is 7.10. The van der Waals surface area contributed by atoms with E-state index in [9.17, 15) is 0 Å². The van der Waals surface area contributed by atoms with Gasteiger partial charge in [-0.1, -0.05) is 18.8 Å². The van der Waals surface area contributed by atoms with Crippen molar-refractivity contribution in [3.63, 3.8) is 0 Å². The molecule has 2 rings (SSSR count). The summed E-state index contributed by atoms with van der Waals surface area (Å²) in [5.41, 5.74) is 0. The zero-order chi connectivity index (χ0) is 7.52. The van der Waals surface area contributed by atoms with E-state index in [1.165, 1.54) is 38.5 Å². The Labute approximate surface area is 69.4 Å². The molecule has 1 fully saturated rings. The van der Waals surface area contributed by atoms with Gasteiger partial charge in [0.1, 0.15) is 0 Å². The number of rotatable bonds is 1. The summed E-state index contributed by atoms with van der Waals surface area (Å²) in [5, 5.41) is 0. The van der Waals surface area contributed by atoms with Gasteiger partial charge in [0.15, 0.2) is 0 Å². The first-order chi connectivity index (χ1) is 5.47. The number of hydrogen-bond acceptors (Lipinski definition) is 0. The Bertz CT molecular complexity index is 178. The highest BCUT2D eigenvalue weighted by Crippen LogP contribution is 2.39. The molecule has 1 saturated carbocycles. The lowest BCUT2D eigenvalue weighted by molar-refractivity contribution is 0.494. The van der Waals surface area contributed by atoms with E-state index in [4.69, 9.17) is 0 Å². The SMILES string of the molecule is C1#CC(C2CC2)CCCCC1. The third kappa shape index (κ3) is 1.99. The fourth-order valence-electron chi connectivity index (χ4n) is 1.88. The molecule has 0 heteroatoms. The second kappa shape index (κ2) is 3.30. The molecule has 0 aromatic carbocycles. The van der Waals surface area contributed by atoms with E-state index < -0.39 is 0 Å². The van der Waals surface area contributed by atoms with E-state index in [1.807, 2.05) is 0 Å². The molecule has 0 N–H and O–H groups in total. The van der Waals surface area contributed by atoms with Crippen LogP contribution in [0.15, 0.2) is 0 Å². The van der Waals surface area contributed by atoms with Crippen LogP contribution in [-0.4, -0.2) is 0 Å². The summed E-state index contributed by atoms with van der Waals surface area (Å²) in [6, 6.07) is 0. The molecule has 0 heterocycles. The van der Waals surface area contributed by atoms with Crippen molar-refractivity contribution in [1.82, 2.24) is 0 Å². The minimum Gasteiger partial charge on any atom is -0.103 e. The molecule has 0 saturated heterocycles. The highest BCUT2D eigenvalue weighted by Gasteiger charge is 2.29. The van der Waals surface area contributed by atoms with Crippen LogP contribution in [0.25, 0.3) is 0 Å². The maximum Gasteiger partial charge on any atom is 0.0231 e. The molecule has 1 atom stereocenters. The summed E-state index contributed by atoms with van der Waals surface area (Å²) >= 11 is 0. The predicted octanol–water partition coefficient (Wildman–Crippen LogP) is 2.98. The van der Waals surface area contributed by atoms with Crippen molar-refractivity contribution in [1.29, 1.82) is 0 Å². The quantitative estimate of drug-likeness (QED) is 0.501. The molecule has 0 spiro atoms. The minimum atomic E-state index is 0.787. The smallest absolute Gasteiger partial charge is 0.0231 e. The van der Waals surface area contributed by atoms with Crippen LogP contribution in [0.4, 0.5) is 0 Å². The zero-order valence-corrected chi connectivity index (χ0v) is 7.10. The van der Waals surface area contributed by atoms with E-state index in [0.29, 0.717) is 0 Å². The van der Waals surface area contributed by atoms with Gasteiger partial charge in [-0.15, -0.1) is 5.92 Å². The fraction of sp³-hybridized carbons (Fsp3) is 0.818. The lowest BCUT2D eigenvalue weighted by Crippen LogP contribution is -2.01. The van der Waals surface area contributed by atoms with E-state index in [2.05, 4.69) is 11.8 Å². The Kier molecular flexibility index (Phi) is 2.17. The molecular formula is C11H16. The van der Waals surface area contributed by atoms with Crippen molar-refractivity contribution < 1.29 is 0 Å². The van der Waals surface area contributed by atoms with Gasteiger partial charge in [-0.3, -0.25) is 0 Å². The first-order valence-electron chi connectivity index (χ1n) is 4.95. The average molecular weight is 148 g/mol. The minimum absolute atomic E-state index is 0.787. The summed E-state index contributed by atoms with van der Waals surface area (Å²) in [6.45, 7) is 0. The van der Waals surface area contributed by atoms with Crippen molar-refractivity contribution in [2.75, 3.05) is 0 Å². The third-order valence-corrected chi connectivity index (χ3v) is 2.80. The molecule has 0 aromatic heterocycles. The molecule has 1 unspecified atom stereocenters. The van der Waals surface area contributed by atoms with E-state index in [1.54, 1.807) is 0 Å². The normalized spacial score (nSPS) is 31.5. The van der Waals surface area contributed by atoms with Crippen LogP contribution >= 0.6 is 0 Å². The standard InChI is InChI=1S/C11H16/c1-2-4-6-10(7-5-3-1)11-8-9-11/h10-11H,1-4,6,8-9H2. The maximum atomic E-state index is 3.43. The summed E-state index contributed by atoms with van der Waals surface area (Å²) < 4.78 is 0. The van der Waals surface area contributed by atoms with E-state index in [-0.39, 0.29) is 0 Å². The van der Waals surface area contributed by atoms with Crippen molar-refractivity contribution in [3.8, 4) is 11.8 Å². The molecule has 0 bridgehead atoms. The molecular weight excluding hydrogens is 132 g/mol. The molecule has 11 heavy (non-hydrogen) atoms. The molecule has 2 aliphatic carbocycles. The van der Waals surface area contributed by atoms with Crippen molar-refractivity contribution in [3.05, 3.63) is 0 Å². The first-order valence-corrected chi connectivity index (χ1v) is 4.95. The Morgan fingerprint density at radius 2 is 1.82 bits per heavy atom. The summed E-state index contributed by atoms with van der Waals surface area (Å²) in [6.07, 6.45) is 9.64. The van der Waals surface area contributed by atoms with E-state index in [0.717, 1.165) is 18.3 Å². The third-order valence-electron chi connectivity index (χ3n) is 2.80. The topological polar surface area (TPSA) is 0 Å². The molecule has 60 valence electrons. The van der Waals surface area contributed by atoms with Crippen molar-refractivity contribution >= 4 is 0 Å². The van der Waals surface area contributed by atoms with Crippen LogP contribution in [0.1, 0.15) is 44.9 Å². The lowest BCUT2D eigenvalue weighted by atomic mass is 9.94. The Morgan fingerprint density at radius 1 is 0.909 bits per heavy atom. The monoisotopic (exact) mass is 148 g/mol. The van der Waals surface area contributed by atoms with Gasteiger partial charge < -0.3 is 0 Å². The van der Waals surface area contributed by atoms with E-state index >= 15 is 0 Å². The first kappa shape index (κ1) is 7.22. The summed E-state index contributed by atoms with van der Waals surface area (Å²) in [7, 11) is 0. The van der Waals surface area contributed by atoms with Crippen LogP contribution in [0, 0.1) is 23.7 Å².